The quantitative estimate of drug-likeness (QED) is 0.644. The molecule has 3 heterocycles. The molecule has 3 aromatic rings. The van der Waals surface area contributed by atoms with Gasteiger partial charge in [0.25, 0.3) is 5.95 Å². The largest absolute Gasteiger partial charge is 0.309 e. The van der Waals surface area contributed by atoms with Crippen LogP contribution in [0.15, 0.2) is 34.8 Å². The lowest BCUT2D eigenvalue weighted by atomic mass is 10.0. The van der Waals surface area contributed by atoms with Crippen molar-refractivity contribution >= 4 is 39.4 Å². The van der Waals surface area contributed by atoms with E-state index in [0.717, 1.165) is 32.7 Å². The maximum Gasteiger partial charge on any atom is 0.252 e. The molecule has 0 saturated carbocycles. The summed E-state index contributed by atoms with van der Waals surface area (Å²) >= 11 is 5.14. The number of fused-ring (bicyclic) bond motifs is 1. The molecule has 0 spiro atoms. The molecule has 138 valence electrons. The van der Waals surface area contributed by atoms with Gasteiger partial charge in [-0.15, -0.1) is 11.8 Å². The number of thioether (sulfide) groups is 1. The molecule has 1 atom stereocenters. The zero-order chi connectivity index (χ0) is 19.1. The second-order valence-corrected chi connectivity index (χ2v) is 8.51. The molecule has 0 fully saturated rings. The van der Waals surface area contributed by atoms with Gasteiger partial charge in [-0.2, -0.15) is 9.78 Å². The van der Waals surface area contributed by atoms with Gasteiger partial charge in [0.1, 0.15) is 5.82 Å². The molecular formula is C19H18BrN5OS. The highest BCUT2D eigenvalue weighted by molar-refractivity contribution is 9.10. The summed E-state index contributed by atoms with van der Waals surface area (Å²) in [6, 6.07) is 10.1. The van der Waals surface area contributed by atoms with E-state index in [-0.39, 0.29) is 11.2 Å². The number of rotatable bonds is 2. The summed E-state index contributed by atoms with van der Waals surface area (Å²) in [4.78, 5) is 21.4. The molecule has 0 saturated heterocycles. The number of halogens is 1. The number of hydrogen-bond acceptors (Lipinski definition) is 5. The maximum absolute atomic E-state index is 12.4. The Bertz CT molecular complexity index is 1030. The van der Waals surface area contributed by atoms with Crippen LogP contribution in [0.5, 0.6) is 0 Å². The zero-order valence-electron chi connectivity index (χ0n) is 15.2. The first-order chi connectivity index (χ1) is 12.9. The Balaban J connectivity index is 1.91. The van der Waals surface area contributed by atoms with Crippen LogP contribution in [0.4, 0.5) is 5.82 Å². The van der Waals surface area contributed by atoms with Crippen molar-refractivity contribution in [3.63, 3.8) is 0 Å². The van der Waals surface area contributed by atoms with Crippen LogP contribution in [-0.2, 0) is 4.79 Å². The number of carbonyl (C=O) groups excluding carboxylic acids is 1. The Kier molecular flexibility index (Phi) is 4.77. The minimum Gasteiger partial charge on any atom is -0.309 e. The summed E-state index contributed by atoms with van der Waals surface area (Å²) in [6.07, 6.45) is 0. The summed E-state index contributed by atoms with van der Waals surface area (Å²) in [5.74, 6) is 1.44. The van der Waals surface area contributed by atoms with Gasteiger partial charge in [-0.05, 0) is 44.5 Å². The van der Waals surface area contributed by atoms with E-state index in [1.54, 1.807) is 16.4 Å². The smallest absolute Gasteiger partial charge is 0.252 e. The fourth-order valence-electron chi connectivity index (χ4n) is 3.26. The van der Waals surface area contributed by atoms with E-state index in [0.29, 0.717) is 17.5 Å². The summed E-state index contributed by atoms with van der Waals surface area (Å²) in [6.45, 7) is 5.80. The highest BCUT2D eigenvalue weighted by Gasteiger charge is 2.31. The van der Waals surface area contributed by atoms with Crippen molar-refractivity contribution in [3.05, 3.63) is 63.0 Å². The maximum atomic E-state index is 12.4. The summed E-state index contributed by atoms with van der Waals surface area (Å²) in [7, 11) is 0. The van der Waals surface area contributed by atoms with Crippen LogP contribution in [0.1, 0.15) is 33.5 Å². The van der Waals surface area contributed by atoms with Gasteiger partial charge in [-0.3, -0.25) is 4.79 Å². The average molecular weight is 444 g/mol. The minimum atomic E-state index is -0.0516. The Morgan fingerprint density at radius 3 is 2.63 bits per heavy atom. The van der Waals surface area contributed by atoms with Gasteiger partial charge in [-0.25, -0.2) is 9.97 Å². The lowest BCUT2D eigenvalue weighted by molar-refractivity contribution is -0.113. The van der Waals surface area contributed by atoms with Gasteiger partial charge in [-0.1, -0.05) is 28.1 Å². The number of amides is 1. The summed E-state index contributed by atoms with van der Waals surface area (Å²) in [5, 5.41) is 7.68. The number of benzene rings is 1. The molecule has 0 radical (unpaired) electrons. The van der Waals surface area contributed by atoms with E-state index in [4.69, 9.17) is 0 Å². The normalized spacial score (nSPS) is 16.6. The molecule has 0 bridgehead atoms. The second-order valence-electron chi connectivity index (χ2n) is 6.50. The summed E-state index contributed by atoms with van der Waals surface area (Å²) < 4.78 is 2.66. The van der Waals surface area contributed by atoms with Crippen LogP contribution < -0.4 is 5.32 Å². The fraction of sp³-hybridized carbons (Fsp3) is 0.263. The molecule has 1 aliphatic rings. The SMILES string of the molecule is Cc1cc(C)nc(-n2nc(C)c3c2NC(=O)CS[C@@H]3c2cccc(Br)c2)n1. The first-order valence-corrected chi connectivity index (χ1v) is 10.4. The molecule has 1 amide bonds. The second kappa shape index (κ2) is 7.09. The molecule has 0 unspecified atom stereocenters. The van der Waals surface area contributed by atoms with Crippen molar-refractivity contribution in [1.82, 2.24) is 19.7 Å². The van der Waals surface area contributed by atoms with E-state index < -0.39 is 0 Å². The standard InChI is InChI=1S/C19H18BrN5OS/c1-10-7-11(2)22-19(21-10)25-18-16(12(3)24-25)17(27-9-15(26)23-18)13-5-4-6-14(20)8-13/h4-8,17H,9H2,1-3H3,(H,23,26)/t17-/m1/s1. The third kappa shape index (κ3) is 3.51. The number of aromatic nitrogens is 4. The van der Waals surface area contributed by atoms with Gasteiger partial charge >= 0.3 is 0 Å². The minimum absolute atomic E-state index is 0.00361. The van der Waals surface area contributed by atoms with Crippen molar-refractivity contribution in [2.75, 3.05) is 11.1 Å². The third-order valence-electron chi connectivity index (χ3n) is 4.32. The van der Waals surface area contributed by atoms with Gasteiger partial charge in [0, 0.05) is 21.4 Å². The zero-order valence-corrected chi connectivity index (χ0v) is 17.6. The molecule has 8 heteroatoms. The Labute approximate surface area is 169 Å². The van der Waals surface area contributed by atoms with Crippen molar-refractivity contribution in [1.29, 1.82) is 0 Å². The molecule has 27 heavy (non-hydrogen) atoms. The van der Waals surface area contributed by atoms with Crippen LogP contribution in [-0.4, -0.2) is 31.4 Å². The van der Waals surface area contributed by atoms with Crippen molar-refractivity contribution < 1.29 is 4.79 Å². The molecule has 4 rings (SSSR count). The van der Waals surface area contributed by atoms with Crippen molar-refractivity contribution in [2.45, 2.75) is 26.0 Å². The van der Waals surface area contributed by atoms with Crippen LogP contribution in [0.2, 0.25) is 0 Å². The van der Waals surface area contributed by atoms with Gasteiger partial charge in [0.15, 0.2) is 0 Å². The van der Waals surface area contributed by atoms with Crippen molar-refractivity contribution in [2.24, 2.45) is 0 Å². The number of carbonyl (C=O) groups is 1. The Morgan fingerprint density at radius 1 is 1.19 bits per heavy atom. The number of aryl methyl sites for hydroxylation is 3. The highest BCUT2D eigenvalue weighted by atomic mass is 79.9. The number of nitrogens with one attached hydrogen (secondary N) is 1. The number of hydrogen-bond donors (Lipinski definition) is 1. The topological polar surface area (TPSA) is 72.7 Å². The lowest BCUT2D eigenvalue weighted by Crippen LogP contribution is -2.17. The van der Waals surface area contributed by atoms with Crippen LogP contribution in [0.25, 0.3) is 5.95 Å². The molecule has 0 aliphatic carbocycles. The van der Waals surface area contributed by atoms with Crippen molar-refractivity contribution in [3.8, 4) is 5.95 Å². The first-order valence-electron chi connectivity index (χ1n) is 8.51. The highest BCUT2D eigenvalue weighted by Crippen LogP contribution is 2.44. The number of nitrogens with zero attached hydrogens (tertiary/aromatic N) is 4. The Hall–Kier alpha value is -2.19. The molecule has 1 aromatic carbocycles. The van der Waals surface area contributed by atoms with Crippen LogP contribution in [0, 0.1) is 20.8 Å². The summed E-state index contributed by atoms with van der Waals surface area (Å²) in [5.41, 5.74) is 4.68. The third-order valence-corrected chi connectivity index (χ3v) is 6.08. The van der Waals surface area contributed by atoms with E-state index in [1.807, 2.05) is 39.0 Å². The fourth-order valence-corrected chi connectivity index (χ4v) is 4.86. The van der Waals surface area contributed by atoms with Gasteiger partial charge < -0.3 is 5.32 Å². The first kappa shape index (κ1) is 18.2. The van der Waals surface area contributed by atoms with E-state index in [2.05, 4.69) is 48.4 Å². The molecule has 1 N–H and O–H groups in total. The molecule has 1 aliphatic heterocycles. The predicted octanol–water partition coefficient (Wildman–Crippen LogP) is 4.12. The average Bonchev–Trinajstić information content (AvgIpc) is 2.81. The van der Waals surface area contributed by atoms with Gasteiger partial charge in [0.2, 0.25) is 5.91 Å². The van der Waals surface area contributed by atoms with E-state index >= 15 is 0 Å². The Morgan fingerprint density at radius 2 is 1.93 bits per heavy atom. The molecule has 2 aromatic heterocycles. The van der Waals surface area contributed by atoms with Crippen LogP contribution in [0.3, 0.4) is 0 Å². The van der Waals surface area contributed by atoms with Crippen LogP contribution >= 0.6 is 27.7 Å². The van der Waals surface area contributed by atoms with E-state index in [1.165, 1.54) is 0 Å². The monoisotopic (exact) mass is 443 g/mol. The van der Waals surface area contributed by atoms with Gasteiger partial charge in [0.05, 0.1) is 16.7 Å². The number of anilines is 1. The molecule has 6 nitrogen and oxygen atoms in total. The lowest BCUT2D eigenvalue weighted by Gasteiger charge is -2.15. The predicted molar refractivity (Wildman–Crippen MR) is 110 cm³/mol. The molecular weight excluding hydrogens is 426 g/mol. The van der Waals surface area contributed by atoms with E-state index in [9.17, 15) is 4.79 Å².